The molecule has 0 amide bonds. The van der Waals surface area contributed by atoms with Crippen LogP contribution in [-0.2, 0) is 0 Å². The number of nitro groups is 1. The van der Waals surface area contributed by atoms with Crippen LogP contribution in [0.15, 0.2) is 12.1 Å². The molecule has 0 aliphatic rings. The minimum absolute atomic E-state index is 0.130. The van der Waals surface area contributed by atoms with E-state index in [9.17, 15) is 14.5 Å². The Bertz CT molecular complexity index is 431. The van der Waals surface area contributed by atoms with Crippen molar-refractivity contribution in [2.24, 2.45) is 0 Å². The molecular weight excluding hydrogens is 267 g/mol. The molecule has 0 aromatic heterocycles. The van der Waals surface area contributed by atoms with Gasteiger partial charge in [0.05, 0.1) is 16.0 Å². The van der Waals surface area contributed by atoms with Gasteiger partial charge in [0.25, 0.3) is 5.69 Å². The lowest BCUT2D eigenvalue weighted by Gasteiger charge is -2.11. The third-order valence-electron chi connectivity index (χ3n) is 2.22. The van der Waals surface area contributed by atoms with Crippen molar-refractivity contribution in [2.75, 3.05) is 18.1 Å². The minimum atomic E-state index is -0.790. The van der Waals surface area contributed by atoms with E-state index < -0.39 is 10.7 Å². The van der Waals surface area contributed by atoms with Crippen LogP contribution >= 0.6 is 23.4 Å². The summed E-state index contributed by atoms with van der Waals surface area (Å²) in [5.41, 5.74) is -0.0671. The standard InChI is InChI=1S/C10H12ClFN2O2S/c1-6(17-2)5-13-9-3-7(11)8(12)4-10(9)14(15)16/h3-4,6,13H,5H2,1-2H3. The van der Waals surface area contributed by atoms with Crippen molar-refractivity contribution < 1.29 is 9.31 Å². The Morgan fingerprint density at radius 1 is 1.65 bits per heavy atom. The number of nitrogens with one attached hydrogen (secondary N) is 1. The van der Waals surface area contributed by atoms with Crippen molar-refractivity contribution in [3.05, 3.63) is 33.1 Å². The molecule has 0 heterocycles. The fourth-order valence-electron chi connectivity index (χ4n) is 1.17. The van der Waals surface area contributed by atoms with E-state index in [4.69, 9.17) is 11.6 Å². The Kier molecular flexibility index (Phi) is 5.02. The maximum Gasteiger partial charge on any atom is 0.295 e. The maximum atomic E-state index is 13.1. The van der Waals surface area contributed by atoms with Crippen LogP contribution < -0.4 is 5.32 Å². The molecule has 1 unspecified atom stereocenters. The first-order chi connectivity index (χ1) is 7.95. The number of anilines is 1. The van der Waals surface area contributed by atoms with Gasteiger partial charge in [0.1, 0.15) is 11.5 Å². The largest absolute Gasteiger partial charge is 0.378 e. The highest BCUT2D eigenvalue weighted by Crippen LogP contribution is 2.30. The lowest BCUT2D eigenvalue weighted by Crippen LogP contribution is -2.13. The molecule has 4 nitrogen and oxygen atoms in total. The summed E-state index contributed by atoms with van der Waals surface area (Å²) in [6.07, 6.45) is 1.94. The van der Waals surface area contributed by atoms with Crippen molar-refractivity contribution in [2.45, 2.75) is 12.2 Å². The Hall–Kier alpha value is -1.01. The molecular formula is C10H12ClFN2O2S. The van der Waals surface area contributed by atoms with Gasteiger partial charge in [0.15, 0.2) is 0 Å². The highest BCUT2D eigenvalue weighted by Gasteiger charge is 2.17. The zero-order chi connectivity index (χ0) is 13.0. The Balaban J connectivity index is 2.96. The van der Waals surface area contributed by atoms with E-state index in [2.05, 4.69) is 5.32 Å². The molecule has 0 saturated heterocycles. The zero-order valence-corrected chi connectivity index (χ0v) is 10.9. The van der Waals surface area contributed by atoms with E-state index in [0.29, 0.717) is 11.8 Å². The summed E-state index contributed by atoms with van der Waals surface area (Å²) in [5.74, 6) is -0.790. The van der Waals surface area contributed by atoms with E-state index >= 15 is 0 Å². The normalized spacial score (nSPS) is 12.2. The summed E-state index contributed by atoms with van der Waals surface area (Å²) in [6, 6.07) is 2.07. The van der Waals surface area contributed by atoms with Gasteiger partial charge in [0.2, 0.25) is 0 Å². The number of rotatable bonds is 5. The molecule has 0 radical (unpaired) electrons. The van der Waals surface area contributed by atoms with Gasteiger partial charge < -0.3 is 5.32 Å². The van der Waals surface area contributed by atoms with E-state index in [0.717, 1.165) is 6.07 Å². The first-order valence-corrected chi connectivity index (χ1v) is 6.52. The van der Waals surface area contributed by atoms with E-state index in [1.54, 1.807) is 11.8 Å². The van der Waals surface area contributed by atoms with Crippen LogP contribution in [0, 0.1) is 15.9 Å². The molecule has 1 aromatic rings. The lowest BCUT2D eigenvalue weighted by atomic mass is 10.2. The van der Waals surface area contributed by atoms with E-state index in [1.165, 1.54) is 6.07 Å². The van der Waals surface area contributed by atoms with Gasteiger partial charge in [-0.15, -0.1) is 0 Å². The number of benzene rings is 1. The third kappa shape index (κ3) is 3.74. The molecule has 1 aromatic carbocycles. The smallest absolute Gasteiger partial charge is 0.295 e. The first-order valence-electron chi connectivity index (χ1n) is 4.85. The molecule has 1 rings (SSSR count). The Morgan fingerprint density at radius 2 is 2.29 bits per heavy atom. The van der Waals surface area contributed by atoms with Crippen molar-refractivity contribution in [1.29, 1.82) is 0 Å². The molecule has 0 aliphatic heterocycles. The summed E-state index contributed by atoms with van der Waals surface area (Å²) in [6.45, 7) is 2.53. The Labute approximate surface area is 108 Å². The van der Waals surface area contributed by atoms with Crippen LogP contribution in [0.3, 0.4) is 0 Å². The zero-order valence-electron chi connectivity index (χ0n) is 9.37. The fourth-order valence-corrected chi connectivity index (χ4v) is 1.58. The average molecular weight is 279 g/mol. The number of nitrogens with zero attached hydrogens (tertiary/aromatic N) is 1. The monoisotopic (exact) mass is 278 g/mol. The van der Waals surface area contributed by atoms with Crippen LogP contribution in [0.25, 0.3) is 0 Å². The van der Waals surface area contributed by atoms with Gasteiger partial charge in [-0.25, -0.2) is 4.39 Å². The lowest BCUT2D eigenvalue weighted by molar-refractivity contribution is -0.384. The average Bonchev–Trinajstić information content (AvgIpc) is 2.29. The Morgan fingerprint density at radius 3 is 2.82 bits per heavy atom. The van der Waals surface area contributed by atoms with Crippen LogP contribution in [0.1, 0.15) is 6.92 Å². The fraction of sp³-hybridized carbons (Fsp3) is 0.400. The molecule has 94 valence electrons. The van der Waals surface area contributed by atoms with E-state index in [1.807, 2.05) is 13.2 Å². The van der Waals surface area contributed by atoms with Gasteiger partial charge in [-0.05, 0) is 12.3 Å². The maximum absolute atomic E-state index is 13.1. The number of thioether (sulfide) groups is 1. The topological polar surface area (TPSA) is 55.2 Å². The van der Waals surface area contributed by atoms with Crippen molar-refractivity contribution >= 4 is 34.7 Å². The quantitative estimate of drug-likeness (QED) is 0.661. The van der Waals surface area contributed by atoms with Gasteiger partial charge in [0, 0.05) is 11.8 Å². The van der Waals surface area contributed by atoms with Gasteiger partial charge in [-0.1, -0.05) is 18.5 Å². The number of hydrogen-bond donors (Lipinski definition) is 1. The van der Waals surface area contributed by atoms with Crippen molar-refractivity contribution in [3.8, 4) is 0 Å². The molecule has 17 heavy (non-hydrogen) atoms. The molecule has 7 heteroatoms. The van der Waals surface area contributed by atoms with E-state index in [-0.39, 0.29) is 16.4 Å². The van der Waals surface area contributed by atoms with Gasteiger partial charge in [-0.3, -0.25) is 10.1 Å². The molecule has 0 spiro atoms. The number of halogens is 2. The summed E-state index contributed by atoms with van der Waals surface area (Å²) in [5, 5.41) is 13.8. The minimum Gasteiger partial charge on any atom is -0.378 e. The van der Waals surface area contributed by atoms with Gasteiger partial charge >= 0.3 is 0 Å². The van der Waals surface area contributed by atoms with Crippen LogP contribution in [0.2, 0.25) is 5.02 Å². The second kappa shape index (κ2) is 6.07. The molecule has 0 fully saturated rings. The third-order valence-corrected chi connectivity index (χ3v) is 3.48. The number of nitro benzene ring substituents is 1. The highest BCUT2D eigenvalue weighted by molar-refractivity contribution is 7.99. The number of hydrogen-bond acceptors (Lipinski definition) is 4. The van der Waals surface area contributed by atoms with Crippen LogP contribution in [0.5, 0.6) is 0 Å². The first kappa shape index (κ1) is 14.1. The van der Waals surface area contributed by atoms with Crippen molar-refractivity contribution in [1.82, 2.24) is 0 Å². The SMILES string of the molecule is CSC(C)CNc1cc(Cl)c(F)cc1[N+](=O)[O-]. The molecule has 1 N–H and O–H groups in total. The highest BCUT2D eigenvalue weighted by atomic mass is 35.5. The molecule has 1 atom stereocenters. The molecule has 0 bridgehead atoms. The molecule has 0 saturated carbocycles. The predicted octanol–water partition coefficient (Wildman–Crippen LogP) is 3.55. The van der Waals surface area contributed by atoms with Gasteiger partial charge in [-0.2, -0.15) is 11.8 Å². The predicted molar refractivity (Wildman–Crippen MR) is 69.5 cm³/mol. The second-order valence-corrected chi connectivity index (χ2v) is 5.15. The second-order valence-electron chi connectivity index (χ2n) is 3.47. The summed E-state index contributed by atoms with van der Waals surface area (Å²) in [4.78, 5) is 10.1. The summed E-state index contributed by atoms with van der Waals surface area (Å²) < 4.78 is 13.1. The van der Waals surface area contributed by atoms with Crippen LogP contribution in [-0.4, -0.2) is 23.0 Å². The summed E-state index contributed by atoms with van der Waals surface area (Å²) >= 11 is 7.22. The molecule has 0 aliphatic carbocycles. The van der Waals surface area contributed by atoms with Crippen LogP contribution in [0.4, 0.5) is 15.8 Å². The van der Waals surface area contributed by atoms with Crippen molar-refractivity contribution in [3.63, 3.8) is 0 Å². The summed E-state index contributed by atoms with van der Waals surface area (Å²) in [7, 11) is 0.